The summed E-state index contributed by atoms with van der Waals surface area (Å²) in [4.78, 5) is 27.5. The lowest BCUT2D eigenvalue weighted by atomic mass is 9.95. The maximum atomic E-state index is 13.4. The van der Waals surface area contributed by atoms with Crippen LogP contribution in [-0.2, 0) is 11.3 Å². The quantitative estimate of drug-likeness (QED) is 0.177. The van der Waals surface area contributed by atoms with Crippen LogP contribution in [0.3, 0.4) is 0 Å². The monoisotopic (exact) mass is 573 g/mol. The van der Waals surface area contributed by atoms with E-state index in [1.54, 1.807) is 0 Å². The van der Waals surface area contributed by atoms with Gasteiger partial charge in [0.15, 0.2) is 11.6 Å². The van der Waals surface area contributed by atoms with Crippen LogP contribution in [-0.4, -0.2) is 20.9 Å². The number of ether oxygens (including phenoxy) is 1. The first kappa shape index (κ1) is 27.0. The van der Waals surface area contributed by atoms with Gasteiger partial charge in [0.1, 0.15) is 17.8 Å². The van der Waals surface area contributed by atoms with E-state index in [1.807, 2.05) is 116 Å². The van der Waals surface area contributed by atoms with Crippen molar-refractivity contribution in [2.45, 2.75) is 13.5 Å². The minimum absolute atomic E-state index is 0.0703. The van der Waals surface area contributed by atoms with E-state index in [-0.39, 0.29) is 12.4 Å². The standard InChI is InChI=1S/C38H27N3O3/c1-3-11-27-25(4-2)18-20-29-28(27)15-10-16-32(29)36-39-35(40-37(41-36)38(42)43-23-24-12-6-5-7-13-24)26-19-21-31-30-14-8-9-17-33(30)44-34(31)22-26/h3-22H,2,23H2,1H3/b11-3-. The fourth-order valence-electron chi connectivity index (χ4n) is 5.49. The molecule has 2 heterocycles. The van der Waals surface area contributed by atoms with Crippen molar-refractivity contribution in [2.75, 3.05) is 0 Å². The van der Waals surface area contributed by atoms with Crippen molar-refractivity contribution in [1.82, 2.24) is 15.0 Å². The van der Waals surface area contributed by atoms with Crippen LogP contribution in [0.1, 0.15) is 34.2 Å². The number of hydrogen-bond donors (Lipinski definition) is 0. The Morgan fingerprint density at radius 1 is 0.773 bits per heavy atom. The minimum Gasteiger partial charge on any atom is -0.456 e. The number of rotatable bonds is 7. The van der Waals surface area contributed by atoms with Gasteiger partial charge in [-0.1, -0.05) is 110 Å². The third-order valence-corrected chi connectivity index (χ3v) is 7.60. The van der Waals surface area contributed by atoms with Crippen molar-refractivity contribution >= 4 is 50.8 Å². The Labute approximate surface area is 254 Å². The molecule has 7 rings (SSSR count). The lowest BCUT2D eigenvalue weighted by molar-refractivity contribution is 0.0458. The van der Waals surface area contributed by atoms with Crippen molar-refractivity contribution in [2.24, 2.45) is 0 Å². The van der Waals surface area contributed by atoms with Crippen LogP contribution in [0.15, 0.2) is 120 Å². The molecular weight excluding hydrogens is 546 g/mol. The first-order valence-electron chi connectivity index (χ1n) is 14.3. The molecule has 2 aromatic heterocycles. The lowest BCUT2D eigenvalue weighted by Gasteiger charge is -2.12. The summed E-state index contributed by atoms with van der Waals surface area (Å²) in [5.41, 5.74) is 5.91. The minimum atomic E-state index is -0.632. The second-order valence-corrected chi connectivity index (χ2v) is 10.4. The van der Waals surface area contributed by atoms with E-state index in [1.165, 1.54) is 0 Å². The molecule has 0 aliphatic rings. The fraction of sp³-hybridized carbons (Fsp3) is 0.0526. The highest BCUT2D eigenvalue weighted by atomic mass is 16.5. The van der Waals surface area contributed by atoms with Gasteiger partial charge < -0.3 is 9.15 Å². The maximum Gasteiger partial charge on any atom is 0.376 e. The van der Waals surface area contributed by atoms with E-state index in [4.69, 9.17) is 14.1 Å². The predicted octanol–water partition coefficient (Wildman–Crippen LogP) is 9.29. The summed E-state index contributed by atoms with van der Waals surface area (Å²) in [5, 5.41) is 3.99. The van der Waals surface area contributed by atoms with Gasteiger partial charge in [-0.05, 0) is 52.6 Å². The van der Waals surface area contributed by atoms with Gasteiger partial charge in [0.25, 0.3) is 0 Å². The van der Waals surface area contributed by atoms with Gasteiger partial charge in [0.2, 0.25) is 5.82 Å². The SMILES string of the molecule is C=Cc1ccc2c(-c3nc(C(=O)OCc4ccccc4)nc(-c4ccc5c(c4)oc4ccccc45)n3)cccc2c1/C=C\C. The number of carbonyl (C=O) groups is 1. The zero-order valence-corrected chi connectivity index (χ0v) is 24.0. The molecule has 0 saturated heterocycles. The number of esters is 1. The molecule has 0 spiro atoms. The normalized spacial score (nSPS) is 11.5. The lowest BCUT2D eigenvalue weighted by Crippen LogP contribution is -2.13. The van der Waals surface area contributed by atoms with Crippen LogP contribution in [0.2, 0.25) is 0 Å². The maximum absolute atomic E-state index is 13.4. The summed E-state index contributed by atoms with van der Waals surface area (Å²) in [6.07, 6.45) is 5.92. The number of benzene rings is 5. The smallest absolute Gasteiger partial charge is 0.376 e. The first-order valence-corrected chi connectivity index (χ1v) is 14.3. The van der Waals surface area contributed by atoms with Crippen LogP contribution in [0, 0.1) is 0 Å². The molecule has 0 saturated carbocycles. The summed E-state index contributed by atoms with van der Waals surface area (Å²) >= 11 is 0. The zero-order chi connectivity index (χ0) is 30.0. The van der Waals surface area contributed by atoms with Crippen molar-refractivity contribution in [3.63, 3.8) is 0 Å². The molecule has 0 aliphatic carbocycles. The highest BCUT2D eigenvalue weighted by molar-refractivity contribution is 6.06. The predicted molar refractivity (Wildman–Crippen MR) is 176 cm³/mol. The van der Waals surface area contributed by atoms with Gasteiger partial charge in [-0.2, -0.15) is 0 Å². The number of fused-ring (bicyclic) bond motifs is 4. The Balaban J connectivity index is 1.39. The number of allylic oxidation sites excluding steroid dienone is 1. The Morgan fingerprint density at radius 3 is 2.36 bits per heavy atom. The summed E-state index contributed by atoms with van der Waals surface area (Å²) < 4.78 is 11.8. The topological polar surface area (TPSA) is 78.1 Å². The van der Waals surface area contributed by atoms with Crippen LogP contribution in [0.5, 0.6) is 0 Å². The second kappa shape index (κ2) is 11.4. The Kier molecular flexibility index (Phi) is 7.00. The van der Waals surface area contributed by atoms with E-state index in [9.17, 15) is 4.79 Å². The van der Waals surface area contributed by atoms with E-state index in [0.717, 1.165) is 49.4 Å². The average molecular weight is 574 g/mol. The molecule has 0 radical (unpaired) electrons. The van der Waals surface area contributed by atoms with Gasteiger partial charge in [-0.25, -0.2) is 19.7 Å². The van der Waals surface area contributed by atoms with E-state index in [0.29, 0.717) is 22.8 Å². The van der Waals surface area contributed by atoms with Gasteiger partial charge >= 0.3 is 5.97 Å². The molecule has 6 nitrogen and oxygen atoms in total. The Morgan fingerprint density at radius 2 is 1.52 bits per heavy atom. The van der Waals surface area contributed by atoms with Crippen LogP contribution in [0.25, 0.3) is 67.6 Å². The molecule has 212 valence electrons. The Bertz CT molecular complexity index is 2230. The van der Waals surface area contributed by atoms with Gasteiger partial charge in [-0.3, -0.25) is 0 Å². The van der Waals surface area contributed by atoms with Gasteiger partial charge in [-0.15, -0.1) is 0 Å². The third kappa shape index (κ3) is 4.92. The number of nitrogens with zero attached hydrogens (tertiary/aromatic N) is 3. The number of para-hydroxylation sites is 1. The van der Waals surface area contributed by atoms with E-state index in [2.05, 4.69) is 28.7 Å². The molecule has 6 heteroatoms. The second-order valence-electron chi connectivity index (χ2n) is 10.4. The molecule has 0 aliphatic heterocycles. The third-order valence-electron chi connectivity index (χ3n) is 7.60. The molecule has 0 bridgehead atoms. The zero-order valence-electron chi connectivity index (χ0n) is 24.0. The number of aromatic nitrogens is 3. The van der Waals surface area contributed by atoms with E-state index < -0.39 is 5.97 Å². The summed E-state index contributed by atoms with van der Waals surface area (Å²) in [5.74, 6) is 0.0125. The molecule has 0 fully saturated rings. The van der Waals surface area contributed by atoms with Crippen molar-refractivity contribution in [1.29, 1.82) is 0 Å². The van der Waals surface area contributed by atoms with Crippen LogP contribution in [0.4, 0.5) is 0 Å². The Hall–Kier alpha value is -5.88. The molecule has 0 atom stereocenters. The summed E-state index contributed by atoms with van der Waals surface area (Å²) in [7, 11) is 0. The first-order chi connectivity index (χ1) is 21.6. The van der Waals surface area contributed by atoms with Crippen molar-refractivity contribution in [3.05, 3.63) is 138 Å². The molecular formula is C38H27N3O3. The molecule has 0 N–H and O–H groups in total. The molecule has 0 amide bonds. The van der Waals surface area contributed by atoms with E-state index >= 15 is 0 Å². The average Bonchev–Trinajstić information content (AvgIpc) is 3.45. The molecule has 0 unspecified atom stereocenters. The largest absolute Gasteiger partial charge is 0.456 e. The highest BCUT2D eigenvalue weighted by Crippen LogP contribution is 2.34. The summed E-state index contributed by atoms with van der Waals surface area (Å²) in [6, 6.07) is 33.3. The van der Waals surface area contributed by atoms with Gasteiger partial charge in [0, 0.05) is 21.9 Å². The number of hydrogen-bond acceptors (Lipinski definition) is 6. The number of furan rings is 1. The highest BCUT2D eigenvalue weighted by Gasteiger charge is 2.20. The van der Waals surface area contributed by atoms with Gasteiger partial charge in [0.05, 0.1) is 0 Å². The van der Waals surface area contributed by atoms with Crippen LogP contribution < -0.4 is 0 Å². The van der Waals surface area contributed by atoms with Crippen molar-refractivity contribution < 1.29 is 13.9 Å². The molecule has 7 aromatic rings. The summed E-state index contributed by atoms with van der Waals surface area (Å²) in [6.45, 7) is 6.08. The molecule has 44 heavy (non-hydrogen) atoms. The number of carbonyl (C=O) groups excluding carboxylic acids is 1. The molecule has 5 aromatic carbocycles. The van der Waals surface area contributed by atoms with Crippen LogP contribution >= 0.6 is 0 Å². The fourth-order valence-corrected chi connectivity index (χ4v) is 5.49. The van der Waals surface area contributed by atoms with Crippen molar-refractivity contribution in [3.8, 4) is 22.8 Å².